The average Bonchev–Trinajstić information content (AvgIpc) is 2.92. The standard InChI is InChI=1S/C14H26N2O3S3/c1-4-5-6-7-8-9-10-21-22-16(3)14(17)19-15-13-12(2)18-11-20-13/h15H,4-11H2,1-3H3. The van der Waals surface area contributed by atoms with E-state index in [1.165, 1.54) is 65.6 Å². The van der Waals surface area contributed by atoms with Gasteiger partial charge in [0.05, 0.1) is 0 Å². The molecular weight excluding hydrogens is 340 g/mol. The highest BCUT2D eigenvalue weighted by Crippen LogP contribution is 2.28. The summed E-state index contributed by atoms with van der Waals surface area (Å²) in [4.78, 5) is 16.8. The number of nitrogens with one attached hydrogen (secondary N) is 1. The molecule has 0 fully saturated rings. The van der Waals surface area contributed by atoms with Crippen LogP contribution in [-0.2, 0) is 9.57 Å². The Kier molecular flexibility index (Phi) is 10.9. The number of hydroxylamine groups is 1. The van der Waals surface area contributed by atoms with Crippen LogP contribution in [0, 0.1) is 0 Å². The summed E-state index contributed by atoms with van der Waals surface area (Å²) in [7, 11) is 4.81. The maximum absolute atomic E-state index is 11.8. The van der Waals surface area contributed by atoms with E-state index in [9.17, 15) is 4.79 Å². The number of nitrogens with zero attached hydrogens (tertiary/aromatic N) is 1. The normalized spacial score (nSPS) is 14.0. The number of carbonyl (C=O) groups excluding carboxylic acids is 1. The third-order valence-corrected chi connectivity index (χ3v) is 6.35. The Morgan fingerprint density at radius 1 is 1.36 bits per heavy atom. The molecule has 128 valence electrons. The van der Waals surface area contributed by atoms with Gasteiger partial charge in [0, 0.05) is 23.8 Å². The summed E-state index contributed by atoms with van der Waals surface area (Å²) in [5.41, 5.74) is 2.65. The van der Waals surface area contributed by atoms with Gasteiger partial charge in [-0.3, -0.25) is 0 Å². The SMILES string of the molecule is CCCCCCCCSSN(C)C(=O)ONC1=C(C)OCS1. The fourth-order valence-corrected chi connectivity index (χ4v) is 4.29. The monoisotopic (exact) mass is 366 g/mol. The first kappa shape index (κ1) is 19.7. The summed E-state index contributed by atoms with van der Waals surface area (Å²) in [5, 5.41) is 0.756. The summed E-state index contributed by atoms with van der Waals surface area (Å²) in [5.74, 6) is 2.37. The van der Waals surface area contributed by atoms with Crippen molar-refractivity contribution in [1.82, 2.24) is 9.79 Å². The van der Waals surface area contributed by atoms with Gasteiger partial charge in [-0.15, -0.1) is 0 Å². The van der Waals surface area contributed by atoms with Crippen molar-refractivity contribution in [3.63, 3.8) is 0 Å². The van der Waals surface area contributed by atoms with Crippen LogP contribution in [0.1, 0.15) is 52.4 Å². The van der Waals surface area contributed by atoms with Gasteiger partial charge in [0.25, 0.3) is 0 Å². The number of allylic oxidation sites excluding steroid dienone is 1. The number of hydrogen-bond acceptors (Lipinski definition) is 7. The van der Waals surface area contributed by atoms with Crippen LogP contribution >= 0.6 is 33.5 Å². The van der Waals surface area contributed by atoms with Crippen LogP contribution in [0.3, 0.4) is 0 Å². The van der Waals surface area contributed by atoms with E-state index in [2.05, 4.69) is 12.4 Å². The molecule has 1 aliphatic rings. The molecule has 22 heavy (non-hydrogen) atoms. The van der Waals surface area contributed by atoms with Gasteiger partial charge in [-0.05, 0) is 13.3 Å². The minimum atomic E-state index is -0.409. The number of hydrogen-bond donors (Lipinski definition) is 1. The van der Waals surface area contributed by atoms with Crippen molar-refractivity contribution in [1.29, 1.82) is 0 Å². The van der Waals surface area contributed by atoms with Crippen LogP contribution in [0.15, 0.2) is 10.8 Å². The highest BCUT2D eigenvalue weighted by Gasteiger charge is 2.17. The molecule has 1 amide bonds. The van der Waals surface area contributed by atoms with E-state index in [1.807, 2.05) is 6.92 Å². The van der Waals surface area contributed by atoms with E-state index in [4.69, 9.17) is 9.57 Å². The Morgan fingerprint density at radius 3 is 2.77 bits per heavy atom. The van der Waals surface area contributed by atoms with Gasteiger partial charge in [-0.25, -0.2) is 14.6 Å². The topological polar surface area (TPSA) is 50.8 Å². The third-order valence-electron chi connectivity index (χ3n) is 3.03. The van der Waals surface area contributed by atoms with E-state index in [0.717, 1.165) is 16.5 Å². The average molecular weight is 367 g/mol. The quantitative estimate of drug-likeness (QED) is 0.235. The van der Waals surface area contributed by atoms with Gasteiger partial charge < -0.3 is 9.57 Å². The summed E-state index contributed by atoms with van der Waals surface area (Å²) in [6.45, 7) is 4.07. The summed E-state index contributed by atoms with van der Waals surface area (Å²) in [6, 6.07) is 0. The lowest BCUT2D eigenvalue weighted by molar-refractivity contribution is 0.0958. The zero-order valence-electron chi connectivity index (χ0n) is 13.6. The van der Waals surface area contributed by atoms with Crippen molar-refractivity contribution in [2.75, 3.05) is 18.7 Å². The van der Waals surface area contributed by atoms with E-state index in [1.54, 1.807) is 17.8 Å². The van der Waals surface area contributed by atoms with E-state index < -0.39 is 6.09 Å². The lowest BCUT2D eigenvalue weighted by atomic mass is 10.1. The second-order valence-electron chi connectivity index (χ2n) is 4.92. The highest BCUT2D eigenvalue weighted by molar-refractivity contribution is 8.75. The van der Waals surface area contributed by atoms with E-state index in [-0.39, 0.29) is 0 Å². The minimum Gasteiger partial charge on any atom is -0.484 e. The molecule has 0 unspecified atom stereocenters. The molecule has 0 saturated heterocycles. The predicted molar refractivity (Wildman–Crippen MR) is 97.0 cm³/mol. The molecule has 0 aromatic rings. The molecule has 0 aromatic heterocycles. The Morgan fingerprint density at radius 2 is 2.09 bits per heavy atom. The van der Waals surface area contributed by atoms with Gasteiger partial charge >= 0.3 is 6.09 Å². The molecule has 1 heterocycles. The molecule has 8 heteroatoms. The predicted octanol–water partition coefficient (Wildman–Crippen LogP) is 5.13. The van der Waals surface area contributed by atoms with Crippen molar-refractivity contribution in [3.8, 4) is 0 Å². The summed E-state index contributed by atoms with van der Waals surface area (Å²) >= 11 is 1.48. The molecule has 0 spiro atoms. The van der Waals surface area contributed by atoms with E-state index in [0.29, 0.717) is 5.94 Å². The first-order valence-electron chi connectivity index (χ1n) is 7.61. The number of carbonyl (C=O) groups is 1. The van der Waals surface area contributed by atoms with Crippen LogP contribution in [-0.4, -0.2) is 29.1 Å². The van der Waals surface area contributed by atoms with Crippen LogP contribution in [0.25, 0.3) is 0 Å². The van der Waals surface area contributed by atoms with Gasteiger partial charge in [0.15, 0.2) is 0 Å². The van der Waals surface area contributed by atoms with Gasteiger partial charge in [0.1, 0.15) is 16.7 Å². The number of thioether (sulfide) groups is 1. The first-order chi connectivity index (χ1) is 10.6. The summed E-state index contributed by atoms with van der Waals surface area (Å²) in [6.07, 6.45) is 7.33. The molecule has 5 nitrogen and oxygen atoms in total. The molecule has 1 N–H and O–H groups in total. The Balaban J connectivity index is 2.01. The number of rotatable bonds is 11. The molecule has 0 atom stereocenters. The fourth-order valence-electron chi connectivity index (χ4n) is 1.69. The molecule has 0 aromatic carbocycles. The number of amides is 1. The Bertz CT molecular complexity index is 367. The van der Waals surface area contributed by atoms with Gasteiger partial charge in [-0.2, -0.15) is 0 Å². The van der Waals surface area contributed by atoms with Crippen molar-refractivity contribution in [2.24, 2.45) is 0 Å². The first-order valence-corrected chi connectivity index (χ1v) is 10.9. The second kappa shape index (κ2) is 12.1. The van der Waals surface area contributed by atoms with Crippen LogP contribution in [0.4, 0.5) is 4.79 Å². The maximum atomic E-state index is 11.8. The third kappa shape index (κ3) is 8.33. The molecular formula is C14H26N2O3S3. The minimum absolute atomic E-state index is 0.409. The Hall–Kier alpha value is -0.340. The van der Waals surface area contributed by atoms with Crippen molar-refractivity contribution in [3.05, 3.63) is 10.8 Å². The molecule has 0 aliphatic carbocycles. The van der Waals surface area contributed by atoms with Crippen molar-refractivity contribution in [2.45, 2.75) is 52.4 Å². The second-order valence-corrected chi connectivity index (χ2v) is 8.35. The van der Waals surface area contributed by atoms with Gasteiger partial charge in [-0.1, -0.05) is 61.6 Å². The van der Waals surface area contributed by atoms with Crippen LogP contribution < -0.4 is 5.48 Å². The van der Waals surface area contributed by atoms with Gasteiger partial charge in [0.2, 0.25) is 0 Å². The smallest absolute Gasteiger partial charge is 0.444 e. The maximum Gasteiger partial charge on any atom is 0.444 e. The molecule has 0 saturated carbocycles. The molecule has 1 rings (SSSR count). The molecule has 1 aliphatic heterocycles. The van der Waals surface area contributed by atoms with Crippen LogP contribution in [0.5, 0.6) is 0 Å². The number of ether oxygens (including phenoxy) is 1. The van der Waals surface area contributed by atoms with Crippen LogP contribution in [0.2, 0.25) is 0 Å². The zero-order chi connectivity index (χ0) is 16.2. The zero-order valence-corrected chi connectivity index (χ0v) is 16.0. The Labute approximate surface area is 145 Å². The van der Waals surface area contributed by atoms with E-state index >= 15 is 0 Å². The lowest BCUT2D eigenvalue weighted by Gasteiger charge is -2.15. The van der Waals surface area contributed by atoms with Crippen molar-refractivity contribution < 1.29 is 14.4 Å². The number of unbranched alkanes of at least 4 members (excludes halogenated alkanes) is 5. The molecule has 0 bridgehead atoms. The summed E-state index contributed by atoms with van der Waals surface area (Å²) < 4.78 is 6.74. The largest absolute Gasteiger partial charge is 0.484 e. The highest BCUT2D eigenvalue weighted by atomic mass is 33.1. The lowest BCUT2D eigenvalue weighted by Crippen LogP contribution is -2.26. The molecule has 0 radical (unpaired) electrons. The van der Waals surface area contributed by atoms with Crippen molar-refractivity contribution >= 4 is 39.6 Å². The fraction of sp³-hybridized carbons (Fsp3) is 0.786.